The van der Waals surface area contributed by atoms with Crippen LogP contribution in [0.15, 0.2) is 41.3 Å². The van der Waals surface area contributed by atoms with Crippen LogP contribution in [0.2, 0.25) is 5.02 Å². The van der Waals surface area contributed by atoms with E-state index >= 15 is 0 Å². The fourth-order valence-corrected chi connectivity index (χ4v) is 6.03. The molecular weight excluding hydrogens is 434 g/mol. The lowest BCUT2D eigenvalue weighted by Crippen LogP contribution is -2.49. The average Bonchev–Trinajstić information content (AvgIpc) is 3.31. The second kappa shape index (κ2) is 8.81. The van der Waals surface area contributed by atoms with Crippen molar-refractivity contribution in [3.63, 3.8) is 0 Å². The number of aryl methyl sites for hydroxylation is 2. The summed E-state index contributed by atoms with van der Waals surface area (Å²) in [6.07, 6.45) is 1.73. The van der Waals surface area contributed by atoms with Crippen LogP contribution in [-0.2, 0) is 10.0 Å². The minimum absolute atomic E-state index is 0.135. The van der Waals surface area contributed by atoms with Crippen LogP contribution in [0.4, 0.5) is 5.69 Å². The van der Waals surface area contributed by atoms with E-state index in [0.717, 1.165) is 25.9 Å². The standard InChI is InChI=1S/C23H28ClN3O3S/c1-17-5-6-18(2)22(15-17)25-11-13-26(14-12-25)23(28)20-16-19(7-8-21(20)24)31(29,30)27-9-3-4-10-27/h5-8,15-16H,3-4,9-14H2,1-2H3. The van der Waals surface area contributed by atoms with Crippen LogP contribution in [-0.4, -0.2) is 62.8 Å². The van der Waals surface area contributed by atoms with Gasteiger partial charge in [-0.1, -0.05) is 23.7 Å². The monoisotopic (exact) mass is 461 g/mol. The van der Waals surface area contributed by atoms with Gasteiger partial charge in [0.05, 0.1) is 15.5 Å². The Morgan fingerprint density at radius 2 is 1.58 bits per heavy atom. The van der Waals surface area contributed by atoms with Crippen LogP contribution >= 0.6 is 11.6 Å². The number of anilines is 1. The number of amides is 1. The third-order valence-corrected chi connectivity index (χ3v) is 8.37. The van der Waals surface area contributed by atoms with Crippen LogP contribution < -0.4 is 4.90 Å². The zero-order valence-corrected chi connectivity index (χ0v) is 19.5. The zero-order chi connectivity index (χ0) is 22.2. The number of benzene rings is 2. The van der Waals surface area contributed by atoms with E-state index in [1.54, 1.807) is 4.90 Å². The van der Waals surface area contributed by atoms with Crippen LogP contribution in [0.3, 0.4) is 0 Å². The Balaban J connectivity index is 1.51. The van der Waals surface area contributed by atoms with Crippen LogP contribution in [0.5, 0.6) is 0 Å². The predicted molar refractivity (Wildman–Crippen MR) is 123 cm³/mol. The van der Waals surface area contributed by atoms with E-state index in [-0.39, 0.29) is 21.4 Å². The highest BCUT2D eigenvalue weighted by Crippen LogP contribution is 2.27. The summed E-state index contributed by atoms with van der Waals surface area (Å²) in [6, 6.07) is 10.8. The third-order valence-electron chi connectivity index (χ3n) is 6.14. The smallest absolute Gasteiger partial charge is 0.255 e. The van der Waals surface area contributed by atoms with E-state index in [1.165, 1.54) is 39.3 Å². The van der Waals surface area contributed by atoms with Crippen LogP contribution in [0.25, 0.3) is 0 Å². The lowest BCUT2D eigenvalue weighted by Gasteiger charge is -2.37. The molecule has 0 saturated carbocycles. The van der Waals surface area contributed by atoms with Crippen molar-refractivity contribution in [2.45, 2.75) is 31.6 Å². The summed E-state index contributed by atoms with van der Waals surface area (Å²) in [5, 5.41) is 0.280. The molecule has 2 aliphatic rings. The quantitative estimate of drug-likeness (QED) is 0.696. The van der Waals surface area contributed by atoms with Gasteiger partial charge >= 0.3 is 0 Å². The number of carbonyl (C=O) groups excluding carboxylic acids is 1. The van der Waals surface area contributed by atoms with Gasteiger partial charge in [0.2, 0.25) is 10.0 Å². The van der Waals surface area contributed by atoms with E-state index in [0.29, 0.717) is 26.2 Å². The summed E-state index contributed by atoms with van der Waals surface area (Å²) in [5.74, 6) is -0.218. The van der Waals surface area contributed by atoms with Crippen molar-refractivity contribution in [3.05, 3.63) is 58.1 Å². The number of piperazine rings is 1. The molecule has 0 aliphatic carbocycles. The predicted octanol–water partition coefficient (Wildman–Crippen LogP) is 3.70. The Kier molecular flexibility index (Phi) is 6.28. The van der Waals surface area contributed by atoms with E-state index in [4.69, 9.17) is 11.6 Å². The minimum atomic E-state index is -3.60. The molecule has 2 aromatic rings. The first kappa shape index (κ1) is 22.1. The SMILES string of the molecule is Cc1ccc(C)c(N2CCN(C(=O)c3cc(S(=O)(=O)N4CCCC4)ccc3Cl)CC2)c1. The van der Waals surface area contributed by atoms with Gasteiger partial charge in [0.25, 0.3) is 5.91 Å². The van der Waals surface area contributed by atoms with Crippen LogP contribution in [0.1, 0.15) is 34.3 Å². The molecule has 2 aromatic carbocycles. The molecule has 166 valence electrons. The van der Waals surface area contributed by atoms with Gasteiger partial charge in [-0.25, -0.2) is 8.42 Å². The molecule has 2 fully saturated rings. The summed E-state index contributed by atoms with van der Waals surface area (Å²) >= 11 is 6.32. The molecular formula is C23H28ClN3O3S. The molecule has 0 spiro atoms. The summed E-state index contributed by atoms with van der Waals surface area (Å²) in [6.45, 7) is 7.78. The lowest BCUT2D eigenvalue weighted by molar-refractivity contribution is 0.0746. The van der Waals surface area contributed by atoms with Crippen molar-refractivity contribution in [2.75, 3.05) is 44.2 Å². The first-order chi connectivity index (χ1) is 14.8. The molecule has 6 nitrogen and oxygen atoms in total. The summed E-state index contributed by atoms with van der Waals surface area (Å²) in [4.78, 5) is 17.4. The van der Waals surface area contributed by atoms with E-state index < -0.39 is 10.0 Å². The van der Waals surface area contributed by atoms with Gasteiger partial charge in [0.15, 0.2) is 0 Å². The van der Waals surface area contributed by atoms with Crippen LogP contribution in [0, 0.1) is 13.8 Å². The third kappa shape index (κ3) is 4.45. The van der Waals surface area contributed by atoms with Crippen molar-refractivity contribution in [3.8, 4) is 0 Å². The number of sulfonamides is 1. The zero-order valence-electron chi connectivity index (χ0n) is 18.0. The van der Waals surface area contributed by atoms with Gasteiger partial charge in [-0.3, -0.25) is 4.79 Å². The van der Waals surface area contributed by atoms with Crippen molar-refractivity contribution < 1.29 is 13.2 Å². The number of rotatable bonds is 4. The maximum Gasteiger partial charge on any atom is 0.255 e. The molecule has 1 amide bonds. The Hall–Kier alpha value is -2.09. The highest BCUT2D eigenvalue weighted by atomic mass is 35.5. The Morgan fingerprint density at radius 3 is 2.26 bits per heavy atom. The van der Waals surface area contributed by atoms with E-state index in [2.05, 4.69) is 36.9 Å². The highest BCUT2D eigenvalue weighted by molar-refractivity contribution is 7.89. The number of halogens is 1. The molecule has 2 saturated heterocycles. The second-order valence-electron chi connectivity index (χ2n) is 8.32. The molecule has 2 heterocycles. The summed E-state index contributed by atoms with van der Waals surface area (Å²) < 4.78 is 27.3. The van der Waals surface area contributed by atoms with Crippen molar-refractivity contribution in [1.82, 2.24) is 9.21 Å². The van der Waals surface area contributed by atoms with E-state index in [1.807, 2.05) is 0 Å². The Morgan fingerprint density at radius 1 is 0.903 bits per heavy atom. The summed E-state index contributed by atoms with van der Waals surface area (Å²) in [5.41, 5.74) is 3.88. The first-order valence-electron chi connectivity index (χ1n) is 10.7. The number of nitrogens with zero attached hydrogens (tertiary/aromatic N) is 3. The van der Waals surface area contributed by atoms with Gasteiger partial charge in [-0.15, -0.1) is 0 Å². The molecule has 0 radical (unpaired) electrons. The first-order valence-corrected chi connectivity index (χ1v) is 12.5. The second-order valence-corrected chi connectivity index (χ2v) is 10.7. The van der Waals surface area contributed by atoms with Gasteiger partial charge < -0.3 is 9.80 Å². The molecule has 0 atom stereocenters. The van der Waals surface area contributed by atoms with E-state index in [9.17, 15) is 13.2 Å². The fourth-order valence-electron chi connectivity index (χ4n) is 4.29. The summed E-state index contributed by atoms with van der Waals surface area (Å²) in [7, 11) is -3.60. The average molecular weight is 462 g/mol. The maximum absolute atomic E-state index is 13.2. The molecule has 0 N–H and O–H groups in total. The number of hydrogen-bond donors (Lipinski definition) is 0. The normalized spacial score (nSPS) is 17.9. The van der Waals surface area contributed by atoms with Gasteiger partial charge in [-0.05, 0) is 62.1 Å². The van der Waals surface area contributed by atoms with Gasteiger partial charge in [-0.2, -0.15) is 4.31 Å². The Labute approximate surface area is 189 Å². The molecule has 8 heteroatoms. The largest absolute Gasteiger partial charge is 0.368 e. The molecule has 0 aromatic heterocycles. The van der Waals surface area contributed by atoms with Gasteiger partial charge in [0.1, 0.15) is 0 Å². The highest BCUT2D eigenvalue weighted by Gasteiger charge is 2.30. The van der Waals surface area contributed by atoms with Gasteiger partial charge in [0, 0.05) is 45.0 Å². The molecule has 4 rings (SSSR count). The fraction of sp³-hybridized carbons (Fsp3) is 0.435. The molecule has 0 bridgehead atoms. The topological polar surface area (TPSA) is 60.9 Å². The number of hydrogen-bond acceptors (Lipinski definition) is 4. The molecule has 2 aliphatic heterocycles. The molecule has 0 unspecified atom stereocenters. The van der Waals surface area contributed by atoms with Crippen molar-refractivity contribution in [1.29, 1.82) is 0 Å². The van der Waals surface area contributed by atoms with Crippen molar-refractivity contribution in [2.24, 2.45) is 0 Å². The molecule has 31 heavy (non-hydrogen) atoms. The maximum atomic E-state index is 13.2. The Bertz CT molecular complexity index is 1090. The lowest BCUT2D eigenvalue weighted by atomic mass is 10.1. The van der Waals surface area contributed by atoms with Crippen molar-refractivity contribution >= 4 is 33.2 Å². The minimum Gasteiger partial charge on any atom is -0.368 e. The number of carbonyl (C=O) groups is 1.